The zero-order valence-corrected chi connectivity index (χ0v) is 38.6. The molecule has 5 rings (SSSR count). The molecule has 0 aromatic heterocycles. The van der Waals surface area contributed by atoms with E-state index in [0.717, 1.165) is 9.80 Å². The van der Waals surface area contributed by atoms with Gasteiger partial charge < -0.3 is 36.0 Å². The predicted octanol–water partition coefficient (Wildman–Crippen LogP) is 4.73. The average molecular weight is 969 g/mol. The molecule has 4 aliphatic rings. The quantitative estimate of drug-likeness (QED) is 0.245. The van der Waals surface area contributed by atoms with Crippen molar-refractivity contribution in [3.63, 3.8) is 0 Å². The SMILES string of the molecule is CC(C)C[C@@H]1NC(=O)[C@@H](N(C)C(=O)C(NC(=O)[C@@H]2C[C@@H](F)CN2C(=O)C2(C(F)(F)F)CC(F)(F)C2)C2CC2)CCCCNC(=O)C(C)(C)NC(=O)[C@H](Cc2cc(Cl)ccc2Cl)N(C)C1=O. The maximum Gasteiger partial charge on any atom is 0.403 e. The number of amides is 7. The van der Waals surface area contributed by atoms with Crippen LogP contribution in [0.25, 0.3) is 0 Å². The summed E-state index contributed by atoms with van der Waals surface area (Å²) in [5.41, 5.74) is -4.55. The van der Waals surface area contributed by atoms with E-state index in [4.69, 9.17) is 23.2 Å². The van der Waals surface area contributed by atoms with Crippen molar-refractivity contribution in [1.29, 1.82) is 0 Å². The number of halogens is 8. The van der Waals surface area contributed by atoms with Crippen molar-refractivity contribution < 1.29 is 59.9 Å². The fourth-order valence-corrected chi connectivity index (χ4v) is 9.17. The summed E-state index contributed by atoms with van der Waals surface area (Å²) < 4.78 is 85.1. The molecule has 0 spiro atoms. The Balaban J connectivity index is 1.42. The molecule has 362 valence electrons. The molecule has 0 bridgehead atoms. The van der Waals surface area contributed by atoms with Crippen LogP contribution in [0, 0.1) is 17.3 Å². The Hall–Kier alpha value is -4.33. The van der Waals surface area contributed by atoms with Crippen LogP contribution < -0.4 is 21.3 Å². The Labute approximate surface area is 383 Å². The van der Waals surface area contributed by atoms with Gasteiger partial charge in [-0.3, -0.25) is 33.6 Å². The first-order valence-electron chi connectivity index (χ1n) is 21.7. The molecule has 2 saturated heterocycles. The predicted molar refractivity (Wildman–Crippen MR) is 226 cm³/mol. The summed E-state index contributed by atoms with van der Waals surface area (Å²) in [4.78, 5) is 101. The summed E-state index contributed by atoms with van der Waals surface area (Å²) in [6.07, 6.45) is -10.5. The first-order valence-corrected chi connectivity index (χ1v) is 22.4. The second-order valence-corrected chi connectivity index (χ2v) is 19.7. The van der Waals surface area contributed by atoms with Crippen LogP contribution in [0.5, 0.6) is 0 Å². The number of hydrogen-bond donors (Lipinski definition) is 4. The van der Waals surface area contributed by atoms with Gasteiger partial charge in [-0.1, -0.05) is 37.0 Å². The van der Waals surface area contributed by atoms with Gasteiger partial charge in [0.1, 0.15) is 41.9 Å². The van der Waals surface area contributed by atoms with Gasteiger partial charge in [0, 0.05) is 56.4 Å². The van der Waals surface area contributed by atoms with Crippen LogP contribution in [-0.2, 0) is 40.0 Å². The molecule has 4 fully saturated rings. The van der Waals surface area contributed by atoms with Gasteiger partial charge in [-0.15, -0.1) is 0 Å². The number of nitrogens with one attached hydrogen (secondary N) is 4. The molecule has 22 heteroatoms. The Morgan fingerprint density at radius 2 is 1.65 bits per heavy atom. The molecular formula is C43H57Cl2F6N7O7. The average Bonchev–Trinajstić information content (AvgIpc) is 3.96. The second kappa shape index (κ2) is 19.9. The molecule has 14 nitrogen and oxygen atoms in total. The van der Waals surface area contributed by atoms with Crippen molar-refractivity contribution in [2.75, 3.05) is 27.2 Å². The van der Waals surface area contributed by atoms with Gasteiger partial charge in [-0.25, -0.2) is 13.2 Å². The zero-order chi connectivity index (χ0) is 48.6. The fraction of sp³-hybridized carbons (Fsp3) is 0.698. The molecule has 2 aliphatic heterocycles. The molecule has 1 aromatic carbocycles. The monoisotopic (exact) mass is 967 g/mol. The van der Waals surface area contributed by atoms with E-state index >= 15 is 0 Å². The normalized spacial score (nSPS) is 27.0. The topological polar surface area (TPSA) is 177 Å². The van der Waals surface area contributed by atoms with E-state index in [1.54, 1.807) is 19.9 Å². The third-order valence-electron chi connectivity index (χ3n) is 12.7. The van der Waals surface area contributed by atoms with Gasteiger partial charge in [0.05, 0.1) is 6.54 Å². The van der Waals surface area contributed by atoms with E-state index in [9.17, 15) is 59.9 Å². The van der Waals surface area contributed by atoms with Gasteiger partial charge in [0.25, 0.3) is 5.92 Å². The lowest BCUT2D eigenvalue weighted by atomic mass is 9.64. The summed E-state index contributed by atoms with van der Waals surface area (Å²) in [6, 6.07) is -2.45. The zero-order valence-electron chi connectivity index (χ0n) is 37.1. The maximum absolute atomic E-state index is 14.9. The van der Waals surface area contributed by atoms with Crippen LogP contribution in [-0.4, -0.2) is 137 Å². The molecule has 1 aromatic rings. The van der Waals surface area contributed by atoms with Crippen LogP contribution in [0.2, 0.25) is 10.0 Å². The van der Waals surface area contributed by atoms with Crippen molar-refractivity contribution in [2.24, 2.45) is 17.3 Å². The van der Waals surface area contributed by atoms with E-state index in [1.807, 2.05) is 0 Å². The maximum atomic E-state index is 14.9. The molecule has 7 amide bonds. The molecule has 4 N–H and O–H groups in total. The third kappa shape index (κ3) is 11.8. The van der Waals surface area contributed by atoms with Gasteiger partial charge in [0.2, 0.25) is 41.4 Å². The first-order chi connectivity index (χ1) is 30.1. The molecule has 1 unspecified atom stereocenters. The number of carbonyl (C=O) groups is 7. The second-order valence-electron chi connectivity index (χ2n) is 18.8. The highest BCUT2D eigenvalue weighted by Crippen LogP contribution is 2.61. The number of alkyl halides is 6. The van der Waals surface area contributed by atoms with Crippen LogP contribution in [0.3, 0.4) is 0 Å². The molecule has 2 aliphatic carbocycles. The number of carbonyl (C=O) groups excluding carboxylic acids is 7. The van der Waals surface area contributed by atoms with E-state index in [0.29, 0.717) is 34.7 Å². The van der Waals surface area contributed by atoms with E-state index < -0.39 is 133 Å². The Morgan fingerprint density at radius 1 is 1.00 bits per heavy atom. The molecule has 65 heavy (non-hydrogen) atoms. The van der Waals surface area contributed by atoms with Crippen LogP contribution in [0.1, 0.15) is 91.0 Å². The smallest absolute Gasteiger partial charge is 0.354 e. The lowest BCUT2D eigenvalue weighted by Gasteiger charge is -2.48. The number of benzene rings is 1. The lowest BCUT2D eigenvalue weighted by Crippen LogP contribution is -2.65. The summed E-state index contributed by atoms with van der Waals surface area (Å²) in [6.45, 7) is 5.75. The molecule has 0 radical (unpaired) electrons. The third-order valence-corrected chi connectivity index (χ3v) is 13.3. The number of nitrogens with zero attached hydrogens (tertiary/aromatic N) is 3. The number of hydrogen-bond acceptors (Lipinski definition) is 7. The number of likely N-dealkylation sites (N-methyl/N-ethyl adjacent to an activating group) is 2. The van der Waals surface area contributed by atoms with Crippen molar-refractivity contribution in [3.05, 3.63) is 33.8 Å². The van der Waals surface area contributed by atoms with E-state index in [-0.39, 0.29) is 43.2 Å². The van der Waals surface area contributed by atoms with Crippen molar-refractivity contribution in [2.45, 2.75) is 146 Å². The molecule has 2 saturated carbocycles. The van der Waals surface area contributed by atoms with Gasteiger partial charge in [0.15, 0.2) is 5.41 Å². The van der Waals surface area contributed by atoms with E-state index in [1.165, 1.54) is 40.1 Å². The molecule has 2 heterocycles. The standard InChI is InChI=1S/C43H57Cl2F6N7O7/c1-22(2)15-28-36(62)57(6)30(17-24-16-25(44)12-13-27(24)45)35(61)55-40(3,4)38(64)52-14-8-7-9-29(33(59)53-28)56(5)37(63)32(23-10-11-23)54-34(60)31-18-26(46)19-58(31)39(65)41(43(49,50)51)20-42(47,48)21-41/h12-13,16,22-23,26,28-32H,7-11,14-15,17-21H2,1-6H3,(H,52,64)(H,53,59)(H,54,60)(H,55,61)/t26-,28+,29+,30+,31+,32?/m1/s1. The lowest BCUT2D eigenvalue weighted by molar-refractivity contribution is -0.299. The Bertz CT molecular complexity index is 2010. The van der Waals surface area contributed by atoms with Gasteiger partial charge in [-0.2, -0.15) is 13.2 Å². The van der Waals surface area contributed by atoms with Crippen LogP contribution in [0.15, 0.2) is 18.2 Å². The highest BCUT2D eigenvalue weighted by Gasteiger charge is 2.75. The van der Waals surface area contributed by atoms with Gasteiger partial charge >= 0.3 is 6.18 Å². The first kappa shape index (κ1) is 51.7. The van der Waals surface area contributed by atoms with Gasteiger partial charge in [-0.05, 0) is 88.0 Å². The highest BCUT2D eigenvalue weighted by atomic mass is 35.5. The summed E-state index contributed by atoms with van der Waals surface area (Å²) in [5, 5.41) is 11.3. The van der Waals surface area contributed by atoms with Crippen LogP contribution >= 0.6 is 23.2 Å². The fourth-order valence-electron chi connectivity index (χ4n) is 8.78. The largest absolute Gasteiger partial charge is 0.403 e. The summed E-state index contributed by atoms with van der Waals surface area (Å²) >= 11 is 12.7. The minimum absolute atomic E-state index is 0.0116. The molecule has 6 atom stereocenters. The summed E-state index contributed by atoms with van der Waals surface area (Å²) in [5.74, 6) is -11.0. The Morgan fingerprint density at radius 3 is 2.23 bits per heavy atom. The Kier molecular flexibility index (Phi) is 15.8. The minimum Gasteiger partial charge on any atom is -0.354 e. The van der Waals surface area contributed by atoms with Crippen molar-refractivity contribution >= 4 is 64.6 Å². The minimum atomic E-state index is -5.42. The van der Waals surface area contributed by atoms with Crippen molar-refractivity contribution in [1.82, 2.24) is 36.0 Å². The highest BCUT2D eigenvalue weighted by molar-refractivity contribution is 6.33. The van der Waals surface area contributed by atoms with Crippen molar-refractivity contribution in [3.8, 4) is 0 Å². The number of rotatable bonds is 10. The van der Waals surface area contributed by atoms with E-state index in [2.05, 4.69) is 21.3 Å². The molecular weight excluding hydrogens is 911 g/mol. The van der Waals surface area contributed by atoms with Crippen LogP contribution in [0.4, 0.5) is 26.3 Å². The number of likely N-dealkylation sites (tertiary alicyclic amines) is 1. The summed E-state index contributed by atoms with van der Waals surface area (Å²) in [7, 11) is 2.66.